The van der Waals surface area contributed by atoms with Gasteiger partial charge in [-0.15, -0.1) is 0 Å². The predicted octanol–water partition coefficient (Wildman–Crippen LogP) is 10.2. The van der Waals surface area contributed by atoms with Crippen LogP contribution in [0.5, 0.6) is 11.5 Å². The van der Waals surface area contributed by atoms with Crippen LogP contribution in [-0.2, 0) is 54.6 Å². The van der Waals surface area contributed by atoms with Crippen molar-refractivity contribution in [3.05, 3.63) is 131 Å². The number of piperidine rings is 1. The lowest BCUT2D eigenvalue weighted by Gasteiger charge is -2.44. The van der Waals surface area contributed by atoms with Crippen LogP contribution in [0.1, 0.15) is 135 Å². The van der Waals surface area contributed by atoms with E-state index < -0.39 is 83.9 Å². The van der Waals surface area contributed by atoms with Crippen molar-refractivity contribution >= 4 is 36.0 Å². The third-order valence-electron chi connectivity index (χ3n) is 13.9. The first-order chi connectivity index (χ1) is 40.3. The summed E-state index contributed by atoms with van der Waals surface area (Å²) >= 11 is 0. The van der Waals surface area contributed by atoms with Crippen molar-refractivity contribution in [2.24, 2.45) is 5.92 Å². The van der Waals surface area contributed by atoms with Crippen LogP contribution in [-0.4, -0.2) is 136 Å². The molecule has 0 bridgehead atoms. The first kappa shape index (κ1) is 70.4. The van der Waals surface area contributed by atoms with Gasteiger partial charge >= 0.3 is 12.3 Å². The van der Waals surface area contributed by atoms with E-state index in [-0.39, 0.29) is 37.7 Å². The molecule has 0 aromatic heterocycles. The van der Waals surface area contributed by atoms with Gasteiger partial charge in [-0.3, -0.25) is 28.9 Å². The van der Waals surface area contributed by atoms with Gasteiger partial charge in [-0.2, -0.15) is 13.2 Å². The Morgan fingerprint density at radius 1 is 0.635 bits per heavy atom. The van der Waals surface area contributed by atoms with Crippen LogP contribution >= 0.6 is 0 Å². The summed E-state index contributed by atoms with van der Waals surface area (Å²) < 4.78 is 77.3. The second-order valence-electron chi connectivity index (χ2n) is 22.4. The Morgan fingerprint density at radius 2 is 1.08 bits per heavy atom. The van der Waals surface area contributed by atoms with Crippen LogP contribution in [0.2, 0.25) is 0 Å². The van der Waals surface area contributed by atoms with Crippen molar-refractivity contribution in [3.8, 4) is 11.5 Å². The number of hydrogen-bond donors (Lipinski definition) is 4. The zero-order valence-electron chi connectivity index (χ0n) is 50.0. The lowest BCUT2D eigenvalue weighted by molar-refractivity contribution is -0.156. The summed E-state index contributed by atoms with van der Waals surface area (Å²) in [5.41, 5.74) is 2.16. The zero-order valence-corrected chi connectivity index (χ0v) is 50.0. The van der Waals surface area contributed by atoms with E-state index in [0.29, 0.717) is 61.9 Å². The van der Waals surface area contributed by atoms with Gasteiger partial charge in [0.2, 0.25) is 29.9 Å². The van der Waals surface area contributed by atoms with Crippen LogP contribution in [0.25, 0.3) is 0 Å². The number of likely N-dealkylation sites (tertiary alicyclic amines) is 1. The van der Waals surface area contributed by atoms with Crippen LogP contribution in [0.3, 0.4) is 0 Å². The monoisotopic (exact) mass is 1200 g/mol. The van der Waals surface area contributed by atoms with Gasteiger partial charge in [-0.05, 0) is 106 Å². The Labute approximate surface area is 496 Å². The number of nitrogens with one attached hydrogen (secondary N) is 2. The van der Waals surface area contributed by atoms with Crippen molar-refractivity contribution < 1.29 is 75.1 Å². The molecule has 2 heterocycles. The molecule has 0 spiro atoms. The maximum atomic E-state index is 14.6. The number of aliphatic hydroxyl groups excluding tert-OH is 2. The molecule has 4 N–H and O–H groups in total. The molecule has 4 aromatic carbocycles. The fourth-order valence-electron chi connectivity index (χ4n) is 9.99. The van der Waals surface area contributed by atoms with Crippen molar-refractivity contribution in [2.75, 3.05) is 32.8 Å². The number of amides is 5. The maximum Gasteiger partial charge on any atom is 0.446 e. The molecule has 2 aliphatic rings. The maximum absolute atomic E-state index is 14.6. The minimum atomic E-state index is -4.64. The minimum Gasteiger partial charge on any atom is -0.493 e. The highest BCUT2D eigenvalue weighted by Crippen LogP contribution is 2.29. The smallest absolute Gasteiger partial charge is 0.446 e. The molecule has 6 atom stereocenters. The number of nitrogens with zero attached hydrogens (tertiary/aromatic N) is 3. The van der Waals surface area contributed by atoms with Crippen LogP contribution in [0.15, 0.2) is 97.1 Å². The molecule has 2 aliphatic heterocycles. The van der Waals surface area contributed by atoms with E-state index in [4.69, 9.17) is 19.0 Å². The topological polar surface area (TPSA) is 204 Å². The van der Waals surface area contributed by atoms with Crippen molar-refractivity contribution in [1.29, 1.82) is 0 Å². The number of benzene rings is 4. The third-order valence-corrected chi connectivity index (χ3v) is 13.9. The van der Waals surface area contributed by atoms with E-state index in [9.17, 15) is 56.1 Å². The number of rotatable bonds is 26. The highest BCUT2D eigenvalue weighted by atomic mass is 19.4. The Kier molecular flexibility index (Phi) is 29.3. The molecule has 21 heteroatoms. The summed E-state index contributed by atoms with van der Waals surface area (Å²) in [6.07, 6.45) is 0.698. The van der Waals surface area contributed by atoms with Crippen LogP contribution in [0.4, 0.5) is 26.7 Å². The third kappa shape index (κ3) is 25.5. The molecular formula is C64H86F5N5O11. The second-order valence-corrected chi connectivity index (χ2v) is 22.4. The highest BCUT2D eigenvalue weighted by molar-refractivity contribution is 5.88. The van der Waals surface area contributed by atoms with E-state index in [1.165, 1.54) is 43.0 Å². The summed E-state index contributed by atoms with van der Waals surface area (Å²) in [4.78, 5) is 78.0. The van der Waals surface area contributed by atoms with Gasteiger partial charge in [0.15, 0.2) is 0 Å². The Hall–Kier alpha value is -7.13. The van der Waals surface area contributed by atoms with Gasteiger partial charge in [0.25, 0.3) is 0 Å². The molecule has 0 saturated carbocycles. The number of ether oxygens (including phenoxy) is 3. The largest absolute Gasteiger partial charge is 0.493 e. The number of hydrogen-bond acceptors (Lipinski definition) is 11. The number of piperazine rings is 1. The molecule has 16 nitrogen and oxygen atoms in total. The van der Waals surface area contributed by atoms with E-state index in [2.05, 4.69) is 24.5 Å². The number of carbonyl (C=O) groups is 6. The molecular weight excluding hydrogens is 1110 g/mol. The van der Waals surface area contributed by atoms with Crippen molar-refractivity contribution in [3.63, 3.8) is 0 Å². The molecule has 85 heavy (non-hydrogen) atoms. The number of halogens is 5. The second kappa shape index (κ2) is 35.4. The minimum absolute atomic E-state index is 0.00464. The lowest BCUT2D eigenvalue weighted by atomic mass is 9.85. The number of aliphatic hydroxyl groups is 2. The van der Waals surface area contributed by atoms with E-state index in [1.807, 2.05) is 60.7 Å². The SMILES string of the molecule is CCCCCCOc1cc(F)cc(C[C@H](NC(C)=O)[C@H](O)[C@@H]2CCCN(Cc3ccccc3)C2=O)c1.CCCCCCOc1cc(F)cc(C[C@H](NC(C)=O)[C@H](O)[C@H]2C(=O)N(Cc3ccccc3)CCN2C(=O)OC(C)(C)C)c1.O=CC(F)(F)F. The van der Waals surface area contributed by atoms with E-state index >= 15 is 0 Å². The predicted molar refractivity (Wildman–Crippen MR) is 312 cm³/mol. The van der Waals surface area contributed by atoms with Crippen LogP contribution < -0.4 is 20.1 Å². The highest BCUT2D eigenvalue weighted by Gasteiger charge is 2.46. The average molecular weight is 1200 g/mol. The first-order valence-corrected chi connectivity index (χ1v) is 29.2. The average Bonchev–Trinajstić information content (AvgIpc) is 1.60. The fourth-order valence-corrected chi connectivity index (χ4v) is 9.99. The molecule has 4 aromatic rings. The summed E-state index contributed by atoms with van der Waals surface area (Å²) in [6, 6.07) is 24.8. The molecule has 2 saturated heterocycles. The normalized spacial score (nSPS) is 16.8. The number of carbonyl (C=O) groups excluding carboxylic acids is 6. The van der Waals surface area contributed by atoms with Gasteiger partial charge in [0.05, 0.1) is 37.3 Å². The Bertz CT molecular complexity index is 2720. The van der Waals surface area contributed by atoms with Gasteiger partial charge in [0, 0.05) is 58.7 Å². The molecule has 5 amide bonds. The number of aldehydes is 1. The van der Waals surface area contributed by atoms with Gasteiger partial charge in [-0.25, -0.2) is 13.6 Å². The molecule has 6 rings (SSSR count). The number of unbranched alkanes of at least 4 members (excludes halogenated alkanes) is 6. The Morgan fingerprint density at radius 3 is 1.51 bits per heavy atom. The first-order valence-electron chi connectivity index (χ1n) is 29.2. The lowest BCUT2D eigenvalue weighted by Crippen LogP contribution is -2.66. The summed E-state index contributed by atoms with van der Waals surface area (Å²) in [5.74, 6) is -2.16. The summed E-state index contributed by atoms with van der Waals surface area (Å²) in [6.45, 7) is 14.8. The Balaban J connectivity index is 0.000000336. The van der Waals surface area contributed by atoms with Crippen molar-refractivity contribution in [1.82, 2.24) is 25.3 Å². The van der Waals surface area contributed by atoms with Crippen molar-refractivity contribution in [2.45, 2.75) is 181 Å². The number of alkyl halides is 3. The molecule has 0 radical (unpaired) electrons. The quantitative estimate of drug-likeness (QED) is 0.0265. The molecule has 0 aliphatic carbocycles. The van der Waals surface area contributed by atoms with Gasteiger partial charge < -0.3 is 44.9 Å². The van der Waals surface area contributed by atoms with E-state index in [1.54, 1.807) is 42.7 Å². The van der Waals surface area contributed by atoms with E-state index in [0.717, 1.165) is 68.9 Å². The van der Waals surface area contributed by atoms with Gasteiger partial charge in [-0.1, -0.05) is 113 Å². The molecule has 468 valence electrons. The molecule has 0 unspecified atom stereocenters. The van der Waals surface area contributed by atoms with Gasteiger partial charge in [0.1, 0.15) is 40.9 Å². The molecule has 2 fully saturated rings. The zero-order chi connectivity index (χ0) is 62.7. The summed E-state index contributed by atoms with van der Waals surface area (Å²) in [5, 5.41) is 28.5. The fraction of sp³-hybridized carbons (Fsp3) is 0.531. The standard InChI is InChI=1S/C33H46FN3O6.C29H39FN2O4.C2HF3O/c1-6-7-8-12-17-42-27-19-25(18-26(34)21-27)20-28(35-23(2)38)30(39)29-31(40)36(22-24-13-10-9-11-14-24)15-16-37(29)32(41)43-33(3,4)5;1-3-4-5-9-15-36-25-17-23(16-24(30)19-25)18-27(31-21(2)33)28(34)26-13-10-14-32(29(26)35)20-22-11-7-6-8-12-22;3-2(4,5)1-6/h9-11,13-14,18-19,21,28-30,39H,6-8,12,15-17,20,22H2,1-5H3,(H,35,38);6-8,11-12,16-17,19,26-28,34H,3-5,9-10,13-15,18,20H2,1-2H3,(H,31,33);1H/t28-,29-,30-;26-,27-,28+;/m00./s1. The van der Waals surface area contributed by atoms with Crippen LogP contribution in [0, 0.1) is 17.6 Å². The summed E-state index contributed by atoms with van der Waals surface area (Å²) in [7, 11) is 0.